The summed E-state index contributed by atoms with van der Waals surface area (Å²) in [6.07, 6.45) is 0.697. The van der Waals surface area contributed by atoms with Gasteiger partial charge in [0.2, 0.25) is 0 Å². The maximum atomic E-state index is 13.3. The van der Waals surface area contributed by atoms with Gasteiger partial charge in [0.15, 0.2) is 0 Å². The number of benzene rings is 3. The molecule has 0 aromatic heterocycles. The molecule has 1 aliphatic rings. The molecular weight excluding hydrogens is 358 g/mol. The number of hydrogen-bond acceptors (Lipinski definition) is 3. The van der Waals surface area contributed by atoms with Gasteiger partial charge in [-0.25, -0.2) is 5.01 Å². The minimum Gasteiger partial charge on any atom is -0.378 e. The monoisotopic (exact) mass is 383 g/mol. The number of carbonyl (C=O) groups is 1. The van der Waals surface area contributed by atoms with Gasteiger partial charge >= 0.3 is 0 Å². The molecule has 4 heteroatoms. The summed E-state index contributed by atoms with van der Waals surface area (Å²) in [5, 5.41) is 6.41. The van der Waals surface area contributed by atoms with E-state index in [9.17, 15) is 4.79 Å². The van der Waals surface area contributed by atoms with Crippen molar-refractivity contribution in [2.24, 2.45) is 5.10 Å². The van der Waals surface area contributed by atoms with E-state index in [1.54, 1.807) is 5.01 Å². The van der Waals surface area contributed by atoms with Gasteiger partial charge in [-0.3, -0.25) is 4.79 Å². The van der Waals surface area contributed by atoms with Crippen LogP contribution in [-0.4, -0.2) is 30.7 Å². The SMILES string of the molecule is Cc1ccc(C(=O)N2N=C(c3ccccc3)CC2c2ccc(N(C)C)cc2)cc1. The lowest BCUT2D eigenvalue weighted by Crippen LogP contribution is -2.27. The highest BCUT2D eigenvalue weighted by molar-refractivity contribution is 6.05. The molecule has 0 saturated carbocycles. The smallest absolute Gasteiger partial charge is 0.274 e. The fraction of sp³-hybridized carbons (Fsp3) is 0.200. The van der Waals surface area contributed by atoms with Crippen LogP contribution in [0.25, 0.3) is 0 Å². The van der Waals surface area contributed by atoms with Crippen LogP contribution in [0, 0.1) is 6.92 Å². The van der Waals surface area contributed by atoms with Gasteiger partial charge in [0, 0.05) is 31.8 Å². The quantitative estimate of drug-likeness (QED) is 0.632. The molecule has 0 radical (unpaired) electrons. The Labute approximate surface area is 172 Å². The highest BCUT2D eigenvalue weighted by Crippen LogP contribution is 2.34. The van der Waals surface area contributed by atoms with Gasteiger partial charge in [-0.05, 0) is 42.3 Å². The Kier molecular flexibility index (Phi) is 5.17. The number of rotatable bonds is 4. The van der Waals surface area contributed by atoms with Crippen molar-refractivity contribution >= 4 is 17.3 Å². The molecule has 29 heavy (non-hydrogen) atoms. The Morgan fingerprint density at radius 2 is 1.59 bits per heavy atom. The average molecular weight is 383 g/mol. The average Bonchev–Trinajstić information content (AvgIpc) is 3.20. The second kappa shape index (κ2) is 7.92. The van der Waals surface area contributed by atoms with Gasteiger partial charge in [-0.1, -0.05) is 60.2 Å². The summed E-state index contributed by atoms with van der Waals surface area (Å²) in [5.41, 5.74) is 6.00. The Morgan fingerprint density at radius 3 is 2.21 bits per heavy atom. The highest BCUT2D eigenvalue weighted by atomic mass is 16.2. The molecule has 1 heterocycles. The van der Waals surface area contributed by atoms with Crippen molar-refractivity contribution in [3.8, 4) is 0 Å². The maximum absolute atomic E-state index is 13.3. The van der Waals surface area contributed by atoms with Gasteiger partial charge in [0.25, 0.3) is 5.91 Å². The molecule has 0 spiro atoms. The van der Waals surface area contributed by atoms with E-state index in [0.29, 0.717) is 12.0 Å². The molecule has 1 aliphatic heterocycles. The summed E-state index contributed by atoms with van der Waals surface area (Å²) in [7, 11) is 4.04. The zero-order chi connectivity index (χ0) is 20.4. The number of amides is 1. The molecule has 0 N–H and O–H groups in total. The van der Waals surface area contributed by atoms with Crippen LogP contribution >= 0.6 is 0 Å². The normalized spacial score (nSPS) is 15.9. The Morgan fingerprint density at radius 1 is 0.931 bits per heavy atom. The van der Waals surface area contributed by atoms with Crippen LogP contribution in [-0.2, 0) is 0 Å². The summed E-state index contributed by atoms with van der Waals surface area (Å²) in [4.78, 5) is 15.4. The molecule has 1 atom stereocenters. The van der Waals surface area contributed by atoms with Gasteiger partial charge in [0.05, 0.1) is 11.8 Å². The van der Waals surface area contributed by atoms with E-state index >= 15 is 0 Å². The zero-order valence-corrected chi connectivity index (χ0v) is 17.0. The van der Waals surface area contributed by atoms with Crippen molar-refractivity contribution in [2.45, 2.75) is 19.4 Å². The second-order valence-electron chi connectivity index (χ2n) is 7.63. The van der Waals surface area contributed by atoms with Crippen LogP contribution in [0.3, 0.4) is 0 Å². The Balaban J connectivity index is 1.70. The van der Waals surface area contributed by atoms with Crippen molar-refractivity contribution in [1.82, 2.24) is 5.01 Å². The minimum atomic E-state index is -0.116. The van der Waals surface area contributed by atoms with E-state index in [1.807, 2.05) is 75.6 Å². The van der Waals surface area contributed by atoms with Crippen LogP contribution in [0.1, 0.15) is 39.5 Å². The topological polar surface area (TPSA) is 35.9 Å². The van der Waals surface area contributed by atoms with E-state index in [1.165, 1.54) is 0 Å². The fourth-order valence-corrected chi connectivity index (χ4v) is 3.59. The molecule has 3 aromatic rings. The van der Waals surface area contributed by atoms with Crippen molar-refractivity contribution in [3.05, 3.63) is 101 Å². The number of nitrogens with zero attached hydrogens (tertiary/aromatic N) is 3. The Hall–Kier alpha value is -3.40. The number of aryl methyl sites for hydroxylation is 1. The third-order valence-electron chi connectivity index (χ3n) is 5.32. The van der Waals surface area contributed by atoms with E-state index in [4.69, 9.17) is 5.10 Å². The predicted octanol–water partition coefficient (Wildman–Crippen LogP) is 5.05. The number of anilines is 1. The van der Waals surface area contributed by atoms with Crippen molar-refractivity contribution < 1.29 is 4.79 Å². The van der Waals surface area contributed by atoms with E-state index in [2.05, 4.69) is 29.2 Å². The lowest BCUT2D eigenvalue weighted by Gasteiger charge is -2.23. The highest BCUT2D eigenvalue weighted by Gasteiger charge is 2.33. The van der Waals surface area contributed by atoms with Crippen molar-refractivity contribution in [2.75, 3.05) is 19.0 Å². The van der Waals surface area contributed by atoms with Crippen LogP contribution in [0.4, 0.5) is 5.69 Å². The third-order valence-corrected chi connectivity index (χ3v) is 5.32. The first-order valence-corrected chi connectivity index (χ1v) is 9.83. The fourth-order valence-electron chi connectivity index (χ4n) is 3.59. The largest absolute Gasteiger partial charge is 0.378 e. The molecule has 4 nitrogen and oxygen atoms in total. The molecule has 0 fully saturated rings. The summed E-state index contributed by atoms with van der Waals surface area (Å²) < 4.78 is 0. The second-order valence-corrected chi connectivity index (χ2v) is 7.63. The first kappa shape index (κ1) is 18.9. The van der Waals surface area contributed by atoms with Gasteiger partial charge < -0.3 is 4.90 Å². The number of hydrogen-bond donors (Lipinski definition) is 0. The van der Waals surface area contributed by atoms with Gasteiger partial charge in [0.1, 0.15) is 0 Å². The third kappa shape index (κ3) is 3.92. The molecule has 0 bridgehead atoms. The number of carbonyl (C=O) groups excluding carboxylic acids is 1. The molecule has 3 aromatic carbocycles. The predicted molar refractivity (Wildman–Crippen MR) is 118 cm³/mol. The van der Waals surface area contributed by atoms with E-state index in [-0.39, 0.29) is 11.9 Å². The van der Waals surface area contributed by atoms with Crippen molar-refractivity contribution in [3.63, 3.8) is 0 Å². The molecule has 1 amide bonds. The van der Waals surface area contributed by atoms with Crippen LogP contribution in [0.15, 0.2) is 84.0 Å². The standard InChI is InChI=1S/C25H25N3O/c1-18-9-11-21(12-10-18)25(29)28-24(20-13-15-22(16-14-20)27(2)3)17-23(26-28)19-7-5-4-6-8-19/h4-16,24H,17H2,1-3H3. The summed E-state index contributed by atoms with van der Waals surface area (Å²) in [6, 6.07) is 26.0. The van der Waals surface area contributed by atoms with Crippen LogP contribution in [0.2, 0.25) is 0 Å². The van der Waals surface area contributed by atoms with Gasteiger partial charge in [-0.15, -0.1) is 0 Å². The first-order valence-electron chi connectivity index (χ1n) is 9.83. The van der Waals surface area contributed by atoms with Crippen LogP contribution < -0.4 is 4.90 Å². The summed E-state index contributed by atoms with van der Waals surface area (Å²) >= 11 is 0. The number of hydrazone groups is 1. The van der Waals surface area contributed by atoms with E-state index in [0.717, 1.165) is 28.1 Å². The van der Waals surface area contributed by atoms with Crippen LogP contribution in [0.5, 0.6) is 0 Å². The molecule has 0 saturated heterocycles. The molecule has 1 unspecified atom stereocenters. The minimum absolute atomic E-state index is 0.0717. The summed E-state index contributed by atoms with van der Waals surface area (Å²) in [5.74, 6) is -0.0717. The first-order chi connectivity index (χ1) is 14.0. The van der Waals surface area contributed by atoms with Gasteiger partial charge in [-0.2, -0.15) is 5.10 Å². The zero-order valence-electron chi connectivity index (χ0n) is 17.0. The lowest BCUT2D eigenvalue weighted by atomic mass is 9.98. The van der Waals surface area contributed by atoms with E-state index < -0.39 is 0 Å². The molecule has 0 aliphatic carbocycles. The maximum Gasteiger partial charge on any atom is 0.274 e. The molecular formula is C25H25N3O. The summed E-state index contributed by atoms with van der Waals surface area (Å²) in [6.45, 7) is 2.02. The van der Waals surface area contributed by atoms with Crippen molar-refractivity contribution in [1.29, 1.82) is 0 Å². The lowest BCUT2D eigenvalue weighted by molar-refractivity contribution is 0.0711. The Bertz CT molecular complexity index is 1020. The molecule has 146 valence electrons. The molecule has 4 rings (SSSR count).